The van der Waals surface area contributed by atoms with Crippen LogP contribution in [0.25, 0.3) is 0 Å². The molecular formula is C12H23N3O2. The molecule has 17 heavy (non-hydrogen) atoms. The molecule has 0 heterocycles. The second-order valence-electron chi connectivity index (χ2n) is 4.91. The Kier molecular flexibility index (Phi) is 4.37. The van der Waals surface area contributed by atoms with Gasteiger partial charge in [-0.1, -0.05) is 31.8 Å². The van der Waals surface area contributed by atoms with Gasteiger partial charge in [-0.25, -0.2) is 0 Å². The van der Waals surface area contributed by atoms with Crippen molar-refractivity contribution in [3.8, 4) is 0 Å². The molecule has 1 atom stereocenters. The van der Waals surface area contributed by atoms with Gasteiger partial charge in [0.05, 0.1) is 0 Å². The van der Waals surface area contributed by atoms with Crippen molar-refractivity contribution in [2.75, 3.05) is 0 Å². The van der Waals surface area contributed by atoms with Gasteiger partial charge < -0.3 is 16.3 Å². The summed E-state index contributed by atoms with van der Waals surface area (Å²) in [4.78, 5) is 12.1. The fourth-order valence-electron chi connectivity index (χ4n) is 2.28. The number of hydrogen-bond acceptors (Lipinski definition) is 3. The van der Waals surface area contributed by atoms with Gasteiger partial charge in [-0.05, 0) is 25.7 Å². The zero-order chi connectivity index (χ0) is 13.1. The summed E-state index contributed by atoms with van der Waals surface area (Å²) < 4.78 is 0. The third-order valence-corrected chi connectivity index (χ3v) is 3.90. The topological polar surface area (TPSA) is 87.7 Å². The van der Waals surface area contributed by atoms with Gasteiger partial charge >= 0.3 is 0 Å². The normalized spacial score (nSPS) is 20.1. The molecule has 1 aliphatic carbocycles. The fourth-order valence-corrected chi connectivity index (χ4v) is 2.28. The van der Waals surface area contributed by atoms with Gasteiger partial charge in [0.25, 0.3) is 0 Å². The number of oxime groups is 1. The molecule has 0 saturated heterocycles. The molecule has 1 aliphatic rings. The van der Waals surface area contributed by atoms with Crippen LogP contribution in [0.4, 0.5) is 0 Å². The third-order valence-electron chi connectivity index (χ3n) is 3.90. The summed E-state index contributed by atoms with van der Waals surface area (Å²) in [6, 6.07) is 0.126. The molecule has 1 unspecified atom stereocenters. The Hall–Kier alpha value is -1.26. The number of amidine groups is 1. The van der Waals surface area contributed by atoms with E-state index in [2.05, 4.69) is 24.3 Å². The fraction of sp³-hybridized carbons (Fsp3) is 0.833. The molecular weight excluding hydrogens is 218 g/mol. The summed E-state index contributed by atoms with van der Waals surface area (Å²) in [5.74, 6) is 0.404. The first-order valence-electron chi connectivity index (χ1n) is 6.30. The van der Waals surface area contributed by atoms with Crippen LogP contribution in [0, 0.1) is 11.3 Å². The predicted octanol–water partition coefficient (Wildman–Crippen LogP) is 1.45. The number of carbonyl (C=O) groups is 1. The molecule has 0 aromatic heterocycles. The van der Waals surface area contributed by atoms with Gasteiger partial charge in [0.2, 0.25) is 5.91 Å². The lowest BCUT2D eigenvalue weighted by Gasteiger charge is -2.24. The molecule has 4 N–H and O–H groups in total. The van der Waals surface area contributed by atoms with Crippen molar-refractivity contribution in [1.82, 2.24) is 5.32 Å². The standard InChI is InChI=1S/C12H23N3O2/c1-4-9(5-2)8(3)14-11(16)12(6-7-12)10(13)15-17/h8-9,17H,4-7H2,1-3H3,(H2,13,15)(H,14,16). The number of hydrogen-bond donors (Lipinski definition) is 3. The molecule has 1 fully saturated rings. The van der Waals surface area contributed by atoms with E-state index in [1.54, 1.807) is 0 Å². The molecule has 1 rings (SSSR count). The van der Waals surface area contributed by atoms with E-state index in [4.69, 9.17) is 10.9 Å². The van der Waals surface area contributed by atoms with Crippen molar-refractivity contribution in [2.24, 2.45) is 22.2 Å². The predicted molar refractivity (Wildman–Crippen MR) is 66.8 cm³/mol. The average molecular weight is 241 g/mol. The second kappa shape index (κ2) is 5.38. The van der Waals surface area contributed by atoms with Crippen LogP contribution < -0.4 is 11.1 Å². The third kappa shape index (κ3) is 2.70. The molecule has 0 spiro atoms. The average Bonchev–Trinajstić information content (AvgIpc) is 3.10. The molecule has 98 valence electrons. The minimum absolute atomic E-state index is 0.0340. The van der Waals surface area contributed by atoms with Gasteiger partial charge in [-0.2, -0.15) is 0 Å². The molecule has 1 amide bonds. The summed E-state index contributed by atoms with van der Waals surface area (Å²) in [6.07, 6.45) is 3.41. The molecule has 0 aliphatic heterocycles. The Morgan fingerprint density at radius 2 is 2.00 bits per heavy atom. The Balaban J connectivity index is 2.61. The van der Waals surface area contributed by atoms with Crippen LogP contribution in [0.15, 0.2) is 5.16 Å². The number of nitrogens with two attached hydrogens (primary N) is 1. The van der Waals surface area contributed by atoms with Crippen molar-refractivity contribution in [3.63, 3.8) is 0 Å². The molecule has 0 aromatic rings. The maximum atomic E-state index is 12.1. The minimum Gasteiger partial charge on any atom is -0.409 e. The highest BCUT2D eigenvalue weighted by atomic mass is 16.4. The minimum atomic E-state index is -0.741. The van der Waals surface area contributed by atoms with Crippen LogP contribution >= 0.6 is 0 Å². The molecule has 0 radical (unpaired) electrons. The van der Waals surface area contributed by atoms with E-state index in [1.165, 1.54) is 0 Å². The number of carbonyl (C=O) groups excluding carboxylic acids is 1. The van der Waals surface area contributed by atoms with Crippen molar-refractivity contribution in [2.45, 2.75) is 52.5 Å². The lowest BCUT2D eigenvalue weighted by molar-refractivity contribution is -0.125. The quantitative estimate of drug-likeness (QED) is 0.285. The number of nitrogens with one attached hydrogen (secondary N) is 1. The van der Waals surface area contributed by atoms with E-state index in [1.807, 2.05) is 6.92 Å². The summed E-state index contributed by atoms with van der Waals surface area (Å²) in [7, 11) is 0. The lowest BCUT2D eigenvalue weighted by Crippen LogP contribution is -2.46. The molecule has 0 bridgehead atoms. The van der Waals surface area contributed by atoms with E-state index >= 15 is 0 Å². The van der Waals surface area contributed by atoms with Gasteiger partial charge in [0.1, 0.15) is 5.41 Å². The van der Waals surface area contributed by atoms with Crippen LogP contribution in [0.2, 0.25) is 0 Å². The first-order chi connectivity index (χ1) is 8.01. The van der Waals surface area contributed by atoms with Gasteiger partial charge in [-0.15, -0.1) is 0 Å². The summed E-state index contributed by atoms with van der Waals surface area (Å²) in [5.41, 5.74) is 4.83. The highest BCUT2D eigenvalue weighted by Crippen LogP contribution is 2.46. The Morgan fingerprint density at radius 1 is 1.47 bits per heavy atom. The Bertz CT molecular complexity index is 307. The lowest BCUT2D eigenvalue weighted by atomic mass is 9.94. The summed E-state index contributed by atoms with van der Waals surface area (Å²) in [5, 5.41) is 14.6. The van der Waals surface area contributed by atoms with E-state index in [0.717, 1.165) is 12.8 Å². The number of amides is 1. The van der Waals surface area contributed by atoms with Crippen LogP contribution in [0.5, 0.6) is 0 Å². The van der Waals surface area contributed by atoms with Crippen LogP contribution in [-0.2, 0) is 4.79 Å². The van der Waals surface area contributed by atoms with Crippen molar-refractivity contribution < 1.29 is 10.0 Å². The first kappa shape index (κ1) is 13.8. The largest absolute Gasteiger partial charge is 0.409 e. The maximum absolute atomic E-state index is 12.1. The van der Waals surface area contributed by atoms with Crippen molar-refractivity contribution in [1.29, 1.82) is 0 Å². The van der Waals surface area contributed by atoms with E-state index in [0.29, 0.717) is 18.8 Å². The van der Waals surface area contributed by atoms with Crippen molar-refractivity contribution in [3.05, 3.63) is 0 Å². The maximum Gasteiger partial charge on any atom is 0.234 e. The number of nitrogens with zero attached hydrogens (tertiary/aromatic N) is 1. The summed E-state index contributed by atoms with van der Waals surface area (Å²) >= 11 is 0. The van der Waals surface area contributed by atoms with Gasteiger partial charge in [0, 0.05) is 6.04 Å². The summed E-state index contributed by atoms with van der Waals surface area (Å²) in [6.45, 7) is 6.25. The highest BCUT2D eigenvalue weighted by molar-refractivity contribution is 6.09. The van der Waals surface area contributed by atoms with E-state index in [-0.39, 0.29) is 17.8 Å². The van der Waals surface area contributed by atoms with Crippen molar-refractivity contribution >= 4 is 11.7 Å². The number of rotatable bonds is 6. The van der Waals surface area contributed by atoms with Crippen LogP contribution in [0.3, 0.4) is 0 Å². The van der Waals surface area contributed by atoms with E-state index in [9.17, 15) is 4.79 Å². The monoisotopic (exact) mass is 241 g/mol. The van der Waals surface area contributed by atoms with Gasteiger partial charge in [-0.3, -0.25) is 4.79 Å². The van der Waals surface area contributed by atoms with Gasteiger partial charge in [0.15, 0.2) is 5.84 Å². The molecule has 5 nitrogen and oxygen atoms in total. The smallest absolute Gasteiger partial charge is 0.234 e. The molecule has 0 aromatic carbocycles. The SMILES string of the molecule is CCC(CC)C(C)NC(=O)C1(C(N)=NO)CC1. The van der Waals surface area contributed by atoms with Crippen LogP contribution in [0.1, 0.15) is 46.5 Å². The second-order valence-corrected chi connectivity index (χ2v) is 4.91. The highest BCUT2D eigenvalue weighted by Gasteiger charge is 2.54. The zero-order valence-electron chi connectivity index (χ0n) is 10.9. The van der Waals surface area contributed by atoms with Crippen LogP contribution in [-0.4, -0.2) is 23.0 Å². The zero-order valence-corrected chi connectivity index (χ0v) is 10.9. The Morgan fingerprint density at radius 3 is 2.35 bits per heavy atom. The van der Waals surface area contributed by atoms with E-state index < -0.39 is 5.41 Å². The molecule has 5 heteroatoms. The molecule has 1 saturated carbocycles. The Labute approximate surface area is 102 Å². The first-order valence-corrected chi connectivity index (χ1v) is 6.30.